The Kier molecular flexibility index (Phi) is 5.84. The average molecular weight is 306 g/mol. The molecule has 6 nitrogen and oxygen atoms in total. The summed E-state index contributed by atoms with van der Waals surface area (Å²) in [6.45, 7) is 5.66. The molecule has 0 bridgehead atoms. The fourth-order valence-electron chi connectivity index (χ4n) is 3.00. The lowest BCUT2D eigenvalue weighted by atomic mass is 10.0. The van der Waals surface area contributed by atoms with Gasteiger partial charge in [0.1, 0.15) is 0 Å². The predicted octanol–water partition coefficient (Wildman–Crippen LogP) is 1.23. The highest BCUT2D eigenvalue weighted by Crippen LogP contribution is 2.16. The van der Waals surface area contributed by atoms with Crippen LogP contribution in [0, 0.1) is 11.8 Å². The first-order valence-corrected chi connectivity index (χ1v) is 8.40. The minimum absolute atomic E-state index is 0.421. The molecule has 2 N–H and O–H groups in total. The summed E-state index contributed by atoms with van der Waals surface area (Å²) in [4.78, 5) is 8.52. The van der Waals surface area contributed by atoms with Crippen LogP contribution >= 0.6 is 0 Å². The molecule has 6 heteroatoms. The molecule has 0 aromatic carbocycles. The quantitative estimate of drug-likeness (QED) is 0.824. The highest BCUT2D eigenvalue weighted by Gasteiger charge is 2.15. The molecule has 22 heavy (non-hydrogen) atoms. The minimum Gasteiger partial charge on any atom is -0.477 e. The summed E-state index contributed by atoms with van der Waals surface area (Å²) < 4.78 is 11.5. The Balaban J connectivity index is 1.44. The van der Waals surface area contributed by atoms with Gasteiger partial charge in [0.25, 0.3) is 0 Å². The molecule has 2 atom stereocenters. The second-order valence-electron chi connectivity index (χ2n) is 6.22. The van der Waals surface area contributed by atoms with Gasteiger partial charge in [-0.3, -0.25) is 0 Å². The first-order chi connectivity index (χ1) is 10.9. The van der Waals surface area contributed by atoms with Gasteiger partial charge in [0.2, 0.25) is 5.88 Å². The van der Waals surface area contributed by atoms with Gasteiger partial charge in [0, 0.05) is 37.2 Å². The van der Waals surface area contributed by atoms with Crippen molar-refractivity contribution in [3.8, 4) is 11.9 Å². The van der Waals surface area contributed by atoms with E-state index < -0.39 is 0 Å². The van der Waals surface area contributed by atoms with Crippen molar-refractivity contribution < 1.29 is 9.47 Å². The zero-order valence-corrected chi connectivity index (χ0v) is 13.1. The van der Waals surface area contributed by atoms with Crippen LogP contribution in [0.1, 0.15) is 25.7 Å². The SMILES string of the molecule is c1cc(OCC2CCCNC2)nc(OCC2CCCNC2)n1. The molecule has 1 aromatic heterocycles. The molecule has 2 fully saturated rings. The molecule has 0 spiro atoms. The molecule has 0 radical (unpaired) electrons. The van der Waals surface area contributed by atoms with Gasteiger partial charge in [-0.2, -0.15) is 4.98 Å². The van der Waals surface area contributed by atoms with E-state index in [9.17, 15) is 0 Å². The molecule has 2 aliphatic heterocycles. The third-order valence-electron chi connectivity index (χ3n) is 4.32. The van der Waals surface area contributed by atoms with Crippen molar-refractivity contribution in [2.75, 3.05) is 39.4 Å². The van der Waals surface area contributed by atoms with Crippen molar-refractivity contribution in [3.05, 3.63) is 12.3 Å². The molecule has 0 aliphatic carbocycles. The zero-order valence-electron chi connectivity index (χ0n) is 13.1. The topological polar surface area (TPSA) is 68.3 Å². The fraction of sp³-hybridized carbons (Fsp3) is 0.750. The Hall–Kier alpha value is -1.40. The second kappa shape index (κ2) is 8.29. The van der Waals surface area contributed by atoms with Crippen molar-refractivity contribution in [1.82, 2.24) is 20.6 Å². The number of rotatable bonds is 6. The maximum atomic E-state index is 5.79. The summed E-state index contributed by atoms with van der Waals surface area (Å²) in [6.07, 6.45) is 6.57. The molecule has 122 valence electrons. The second-order valence-corrected chi connectivity index (χ2v) is 6.22. The molecule has 0 amide bonds. The largest absolute Gasteiger partial charge is 0.477 e. The molecule has 3 heterocycles. The Morgan fingerprint density at radius 1 is 1.00 bits per heavy atom. The molecule has 2 unspecified atom stereocenters. The minimum atomic E-state index is 0.421. The van der Waals surface area contributed by atoms with Crippen LogP contribution in [-0.4, -0.2) is 49.4 Å². The molecule has 3 rings (SSSR count). The van der Waals surface area contributed by atoms with Crippen LogP contribution in [0.4, 0.5) is 0 Å². The number of hydrogen-bond donors (Lipinski definition) is 2. The van der Waals surface area contributed by atoms with E-state index in [-0.39, 0.29) is 0 Å². The van der Waals surface area contributed by atoms with Crippen LogP contribution in [0.15, 0.2) is 12.3 Å². The monoisotopic (exact) mass is 306 g/mol. The van der Waals surface area contributed by atoms with E-state index >= 15 is 0 Å². The number of ether oxygens (including phenoxy) is 2. The van der Waals surface area contributed by atoms with Crippen molar-refractivity contribution in [1.29, 1.82) is 0 Å². The molecular formula is C16H26N4O2. The van der Waals surface area contributed by atoms with Gasteiger partial charge in [0.05, 0.1) is 13.2 Å². The standard InChI is InChI=1S/C16H26N4O2/c1-3-13(9-17-6-1)11-21-15-5-8-19-16(20-15)22-12-14-4-2-7-18-10-14/h5,8,13-14,17-18H,1-4,6-7,9-12H2. The number of nitrogens with one attached hydrogen (secondary N) is 2. The van der Waals surface area contributed by atoms with Crippen molar-refractivity contribution in [2.24, 2.45) is 11.8 Å². The summed E-state index contributed by atoms with van der Waals surface area (Å²) in [5.74, 6) is 1.73. The maximum Gasteiger partial charge on any atom is 0.319 e. The lowest BCUT2D eigenvalue weighted by Crippen LogP contribution is -2.33. The van der Waals surface area contributed by atoms with Gasteiger partial charge in [-0.25, -0.2) is 4.98 Å². The molecule has 2 aliphatic rings. The van der Waals surface area contributed by atoms with E-state index in [2.05, 4.69) is 20.6 Å². The highest BCUT2D eigenvalue weighted by molar-refractivity contribution is 5.11. The van der Waals surface area contributed by atoms with Crippen LogP contribution in [0.25, 0.3) is 0 Å². The molecular weight excluding hydrogens is 280 g/mol. The van der Waals surface area contributed by atoms with Crippen LogP contribution in [-0.2, 0) is 0 Å². The van der Waals surface area contributed by atoms with Crippen molar-refractivity contribution in [3.63, 3.8) is 0 Å². The maximum absolute atomic E-state index is 5.79. The Morgan fingerprint density at radius 3 is 2.32 bits per heavy atom. The number of aromatic nitrogens is 2. The van der Waals surface area contributed by atoms with Gasteiger partial charge >= 0.3 is 6.01 Å². The van der Waals surface area contributed by atoms with Crippen molar-refractivity contribution in [2.45, 2.75) is 25.7 Å². The van der Waals surface area contributed by atoms with E-state index in [0.29, 0.717) is 36.9 Å². The van der Waals surface area contributed by atoms with Crippen LogP contribution in [0.5, 0.6) is 11.9 Å². The number of nitrogens with zero attached hydrogens (tertiary/aromatic N) is 2. The van der Waals surface area contributed by atoms with E-state index in [0.717, 1.165) is 26.2 Å². The van der Waals surface area contributed by atoms with E-state index in [1.807, 2.05) is 0 Å². The molecule has 2 saturated heterocycles. The van der Waals surface area contributed by atoms with E-state index in [4.69, 9.17) is 9.47 Å². The number of piperidine rings is 2. The summed E-state index contributed by atoms with van der Waals surface area (Å²) in [5, 5.41) is 6.78. The Bertz CT molecular complexity index is 408. The smallest absolute Gasteiger partial charge is 0.319 e. The zero-order chi connectivity index (χ0) is 15.0. The normalized spacial score (nSPS) is 25.6. The highest BCUT2D eigenvalue weighted by atomic mass is 16.5. The Morgan fingerprint density at radius 2 is 1.68 bits per heavy atom. The summed E-state index contributed by atoms with van der Waals surface area (Å²) in [7, 11) is 0. The van der Waals surface area contributed by atoms with Gasteiger partial charge in [-0.1, -0.05) is 0 Å². The van der Waals surface area contributed by atoms with Crippen LogP contribution < -0.4 is 20.1 Å². The van der Waals surface area contributed by atoms with Crippen LogP contribution in [0.2, 0.25) is 0 Å². The Labute approximate surface area is 132 Å². The third kappa shape index (κ3) is 4.81. The summed E-state index contributed by atoms with van der Waals surface area (Å²) in [6, 6.07) is 2.22. The molecule has 0 saturated carbocycles. The first kappa shape index (κ1) is 15.5. The molecule has 1 aromatic rings. The average Bonchev–Trinajstić information content (AvgIpc) is 2.60. The summed E-state index contributed by atoms with van der Waals surface area (Å²) >= 11 is 0. The lowest BCUT2D eigenvalue weighted by Gasteiger charge is -2.23. The first-order valence-electron chi connectivity index (χ1n) is 8.40. The van der Waals surface area contributed by atoms with Crippen molar-refractivity contribution >= 4 is 0 Å². The van der Waals surface area contributed by atoms with Gasteiger partial charge < -0.3 is 20.1 Å². The third-order valence-corrected chi connectivity index (χ3v) is 4.32. The van der Waals surface area contributed by atoms with Gasteiger partial charge in [-0.15, -0.1) is 0 Å². The predicted molar refractivity (Wildman–Crippen MR) is 84.2 cm³/mol. The van der Waals surface area contributed by atoms with Gasteiger partial charge in [-0.05, 0) is 38.8 Å². The van der Waals surface area contributed by atoms with E-state index in [1.54, 1.807) is 12.3 Å². The van der Waals surface area contributed by atoms with E-state index in [1.165, 1.54) is 25.7 Å². The van der Waals surface area contributed by atoms with Crippen LogP contribution in [0.3, 0.4) is 0 Å². The van der Waals surface area contributed by atoms with Gasteiger partial charge in [0.15, 0.2) is 0 Å². The number of hydrogen-bond acceptors (Lipinski definition) is 6. The fourth-order valence-corrected chi connectivity index (χ4v) is 3.00. The lowest BCUT2D eigenvalue weighted by molar-refractivity contribution is 0.192. The summed E-state index contributed by atoms with van der Waals surface area (Å²) in [5.41, 5.74) is 0.